The first-order valence-electron chi connectivity index (χ1n) is 15.2. The summed E-state index contributed by atoms with van der Waals surface area (Å²) in [5.74, 6) is 8.39. The average Bonchev–Trinajstić information content (AvgIpc) is 3.00. The Balaban J connectivity index is 0.000000636. The van der Waals surface area contributed by atoms with Crippen LogP contribution in [0.3, 0.4) is 0 Å². The summed E-state index contributed by atoms with van der Waals surface area (Å²) in [6.45, 7) is 4.00. The summed E-state index contributed by atoms with van der Waals surface area (Å²) in [5, 5.41) is 1.56. The molecule has 0 aliphatic carbocycles. The predicted octanol–water partition coefficient (Wildman–Crippen LogP) is 10.7. The number of hydrogen-bond acceptors (Lipinski definition) is 2. The molecule has 0 saturated heterocycles. The highest BCUT2D eigenvalue weighted by Gasteiger charge is 2.01. The molecule has 0 bridgehead atoms. The second-order valence-electron chi connectivity index (χ2n) is 10.0. The van der Waals surface area contributed by atoms with Crippen LogP contribution in [-0.4, -0.2) is 30.7 Å². The largest absolute Gasteiger partial charge is 0.349 e. The summed E-state index contributed by atoms with van der Waals surface area (Å²) in [5.41, 5.74) is 2.10. The number of ketones is 1. The van der Waals surface area contributed by atoms with Gasteiger partial charge in [0.05, 0.1) is 0 Å². The molecule has 2 rings (SSSR count). The maximum Gasteiger partial charge on any atom is 0.222 e. The van der Waals surface area contributed by atoms with Crippen LogP contribution in [0.25, 0.3) is 12.2 Å². The van der Waals surface area contributed by atoms with Crippen LogP contribution in [0.5, 0.6) is 0 Å². The van der Waals surface area contributed by atoms with E-state index in [2.05, 4.69) is 36.8 Å². The van der Waals surface area contributed by atoms with Gasteiger partial charge in [-0.2, -0.15) is 0 Å². The van der Waals surface area contributed by atoms with Crippen molar-refractivity contribution in [3.8, 4) is 24.2 Å². The molecule has 0 unspecified atom stereocenters. The topological polar surface area (TPSA) is 37.4 Å². The van der Waals surface area contributed by atoms with Crippen molar-refractivity contribution >= 4 is 47.0 Å². The third-order valence-electron chi connectivity index (χ3n) is 6.06. The van der Waals surface area contributed by atoms with E-state index in [0.717, 1.165) is 66.1 Å². The summed E-state index contributed by atoms with van der Waals surface area (Å²) in [4.78, 5) is 23.6. The number of Topliss-reactive ketones (excluding diaryl/α,β-unsaturated/α-hetero) is 1. The van der Waals surface area contributed by atoms with Crippen molar-refractivity contribution in [3.63, 3.8) is 0 Å². The monoisotopic (exact) mass is 621 g/mol. The number of hydrogen-bond donors (Lipinski definition) is 0. The van der Waals surface area contributed by atoms with Gasteiger partial charge in [0.1, 0.15) is 0 Å². The van der Waals surface area contributed by atoms with Gasteiger partial charge in [0.25, 0.3) is 0 Å². The fraction of sp³-hybridized carbons (Fsp3) is 0.421. The Hall–Kier alpha value is -3.24. The van der Waals surface area contributed by atoms with E-state index in [1.807, 2.05) is 81.7 Å². The van der Waals surface area contributed by atoms with Crippen LogP contribution in [0, 0.1) is 24.2 Å². The van der Waals surface area contributed by atoms with Crippen molar-refractivity contribution in [1.29, 1.82) is 0 Å². The molecular weight excluding hydrogens is 573 g/mol. The average molecular weight is 623 g/mol. The Kier molecular flexibility index (Phi) is 25.5. The van der Waals surface area contributed by atoms with Gasteiger partial charge in [0.15, 0.2) is 0 Å². The lowest BCUT2D eigenvalue weighted by atomic mass is 10.1. The number of benzene rings is 2. The van der Waals surface area contributed by atoms with Crippen LogP contribution < -0.4 is 0 Å². The van der Waals surface area contributed by atoms with Gasteiger partial charge in [0, 0.05) is 49.8 Å². The minimum Gasteiger partial charge on any atom is -0.349 e. The number of carbonyl (C=O) groups excluding carboxylic acids is 2. The van der Waals surface area contributed by atoms with Crippen molar-refractivity contribution in [2.75, 3.05) is 14.1 Å². The number of nitrogens with zero attached hydrogens (tertiary/aromatic N) is 1. The molecule has 0 fully saturated rings. The zero-order valence-electron chi connectivity index (χ0n) is 26.5. The molecule has 43 heavy (non-hydrogen) atoms. The molecule has 232 valence electrons. The number of unbranched alkanes of at least 4 members (excludes halogenated alkanes) is 7. The molecule has 0 aliphatic rings. The van der Waals surface area contributed by atoms with E-state index in [9.17, 15) is 9.59 Å². The van der Waals surface area contributed by atoms with E-state index >= 15 is 0 Å². The molecule has 3 nitrogen and oxygen atoms in total. The van der Waals surface area contributed by atoms with E-state index in [-0.39, 0.29) is 11.7 Å². The van der Waals surface area contributed by atoms with Crippen LogP contribution in [0.15, 0.2) is 60.7 Å². The van der Waals surface area contributed by atoms with Crippen LogP contribution in [0.1, 0.15) is 102 Å². The first-order valence-corrected chi connectivity index (χ1v) is 16.0. The molecule has 0 aliphatic heterocycles. The molecular formula is C38H49Cl2NO2. The van der Waals surface area contributed by atoms with E-state index in [1.54, 1.807) is 4.90 Å². The fourth-order valence-corrected chi connectivity index (χ4v) is 3.84. The molecule has 0 atom stereocenters. The van der Waals surface area contributed by atoms with Crippen molar-refractivity contribution in [3.05, 3.63) is 81.9 Å². The number of halogens is 2. The Morgan fingerprint density at radius 2 is 1.33 bits per heavy atom. The number of amides is 1. The van der Waals surface area contributed by atoms with Gasteiger partial charge in [0.2, 0.25) is 11.7 Å². The second-order valence-corrected chi connectivity index (χ2v) is 10.8. The fourth-order valence-electron chi connectivity index (χ4n) is 3.45. The van der Waals surface area contributed by atoms with Crippen molar-refractivity contribution in [2.24, 2.45) is 0 Å². The normalized spacial score (nSPS) is 10.1. The van der Waals surface area contributed by atoms with Gasteiger partial charge in [-0.15, -0.1) is 12.3 Å². The predicted molar refractivity (Wildman–Crippen MR) is 188 cm³/mol. The first kappa shape index (κ1) is 39.8. The molecule has 0 aromatic heterocycles. The number of carbonyl (C=O) groups is 2. The number of allylic oxidation sites excluding steroid dienone is 2. The van der Waals surface area contributed by atoms with Crippen LogP contribution in [0.4, 0.5) is 0 Å². The second kappa shape index (κ2) is 27.6. The number of terminal acetylenes is 1. The van der Waals surface area contributed by atoms with E-state index in [0.29, 0.717) is 12.8 Å². The molecule has 2 aromatic carbocycles. The quantitative estimate of drug-likeness (QED) is 0.119. The van der Waals surface area contributed by atoms with E-state index in [4.69, 9.17) is 29.6 Å². The molecule has 5 heteroatoms. The molecule has 0 saturated carbocycles. The molecule has 0 N–H and O–H groups in total. The number of rotatable bonds is 14. The standard InChI is InChI=1S/C16H17ClO.C13H13Cl.C9H19NO/c1-2-15(18)12-7-5-3-4-6-10-14-11-8-9-13-16(14)17;1-2-3-4-5-6-9-12-10-7-8-11-13(12)14;1-4-5-6-7-8-9(11)10(2)3/h6,8-11,13H,2-5H2,1H3;1,6-11H,3-5H2;4-8H2,1-3H3/b10-6+;9-6+;. The third kappa shape index (κ3) is 23.0. The van der Waals surface area contributed by atoms with Crippen LogP contribution in [-0.2, 0) is 9.59 Å². The maximum absolute atomic E-state index is 11.0. The lowest BCUT2D eigenvalue weighted by Crippen LogP contribution is -2.20. The van der Waals surface area contributed by atoms with Gasteiger partial charge in [-0.3, -0.25) is 9.59 Å². The van der Waals surface area contributed by atoms with Crippen LogP contribution >= 0.6 is 23.2 Å². The highest BCUT2D eigenvalue weighted by molar-refractivity contribution is 6.32. The van der Waals surface area contributed by atoms with Gasteiger partial charge < -0.3 is 4.90 Å². The van der Waals surface area contributed by atoms with Gasteiger partial charge >= 0.3 is 0 Å². The maximum atomic E-state index is 11.0. The smallest absolute Gasteiger partial charge is 0.222 e. The van der Waals surface area contributed by atoms with Crippen molar-refractivity contribution in [2.45, 2.75) is 90.9 Å². The summed E-state index contributed by atoms with van der Waals surface area (Å²) in [6.07, 6.45) is 24.9. The Morgan fingerprint density at radius 1 is 0.791 bits per heavy atom. The van der Waals surface area contributed by atoms with Gasteiger partial charge in [-0.25, -0.2) is 0 Å². The molecule has 0 radical (unpaired) electrons. The lowest BCUT2D eigenvalue weighted by Gasteiger charge is -2.08. The zero-order chi connectivity index (χ0) is 32.1. The molecule has 2 aromatic rings. The van der Waals surface area contributed by atoms with E-state index < -0.39 is 0 Å². The molecule has 0 spiro atoms. The van der Waals surface area contributed by atoms with E-state index in [1.165, 1.54) is 19.3 Å². The van der Waals surface area contributed by atoms with Crippen molar-refractivity contribution < 1.29 is 9.59 Å². The highest BCUT2D eigenvalue weighted by atomic mass is 35.5. The summed E-state index contributed by atoms with van der Waals surface area (Å²) < 4.78 is 0. The van der Waals surface area contributed by atoms with Crippen LogP contribution in [0.2, 0.25) is 10.0 Å². The Bertz CT molecular complexity index is 1210. The Morgan fingerprint density at radius 3 is 1.79 bits per heavy atom. The minimum absolute atomic E-state index is 0.0154. The summed E-state index contributed by atoms with van der Waals surface area (Å²) in [6, 6.07) is 15.5. The van der Waals surface area contributed by atoms with Gasteiger partial charge in [-0.1, -0.05) is 123 Å². The first-order chi connectivity index (χ1) is 20.8. The lowest BCUT2D eigenvalue weighted by molar-refractivity contribution is -0.128. The Labute approximate surface area is 271 Å². The summed E-state index contributed by atoms with van der Waals surface area (Å²) in [7, 11) is 3.62. The molecule has 0 heterocycles. The van der Waals surface area contributed by atoms with Crippen molar-refractivity contribution in [1.82, 2.24) is 4.90 Å². The highest BCUT2D eigenvalue weighted by Crippen LogP contribution is 2.17. The van der Waals surface area contributed by atoms with Gasteiger partial charge in [-0.05, 0) is 61.3 Å². The zero-order valence-corrected chi connectivity index (χ0v) is 28.0. The minimum atomic E-state index is 0.0154. The third-order valence-corrected chi connectivity index (χ3v) is 6.75. The summed E-state index contributed by atoms with van der Waals surface area (Å²) >= 11 is 12.0. The molecule has 1 amide bonds. The SMILES string of the molecule is C#CCCC/C=C/c1ccccc1Cl.CCC(=O)C#CCCC/C=C/c1ccccc1Cl.CCCCCCC(=O)N(C)C.